The Morgan fingerprint density at radius 1 is 0.947 bits per heavy atom. The summed E-state index contributed by atoms with van der Waals surface area (Å²) in [4.78, 5) is 16.0. The molecule has 192 valence electrons. The van der Waals surface area contributed by atoms with Crippen LogP contribution in [0.3, 0.4) is 0 Å². The van der Waals surface area contributed by atoms with Gasteiger partial charge in [0.2, 0.25) is 15.9 Å². The average Bonchev–Trinajstić information content (AvgIpc) is 3.45. The van der Waals surface area contributed by atoms with Gasteiger partial charge in [-0.1, -0.05) is 66.7 Å². The fourth-order valence-corrected chi connectivity index (χ4v) is 6.91. The first kappa shape index (κ1) is 24.4. The number of anilines is 2. The van der Waals surface area contributed by atoms with Crippen molar-refractivity contribution in [3.63, 3.8) is 0 Å². The van der Waals surface area contributed by atoms with Crippen LogP contribution in [0.4, 0.5) is 11.4 Å². The Kier molecular flexibility index (Phi) is 5.67. The highest BCUT2D eigenvalue weighted by molar-refractivity contribution is 7.89. The smallest absolute Gasteiger partial charge is 0.240 e. The third-order valence-corrected chi connectivity index (χ3v) is 9.34. The molecule has 0 saturated heterocycles. The molecule has 2 aliphatic rings. The largest absolute Gasteiger partial charge is 0.377 e. The second-order valence-electron chi connectivity index (χ2n) is 10.2. The third kappa shape index (κ3) is 3.65. The van der Waals surface area contributed by atoms with Crippen LogP contribution in [0.5, 0.6) is 0 Å². The van der Waals surface area contributed by atoms with E-state index < -0.39 is 21.4 Å². The molecule has 1 amide bonds. The summed E-state index contributed by atoms with van der Waals surface area (Å²) in [6.45, 7) is 0. The molecule has 7 heteroatoms. The number of nitrogens with zero attached hydrogens (tertiary/aromatic N) is 1. The molecule has 0 saturated carbocycles. The lowest BCUT2D eigenvalue weighted by atomic mass is 9.65. The summed E-state index contributed by atoms with van der Waals surface area (Å²) in [5, 5.41) is 5.32. The molecule has 1 aliphatic heterocycles. The molecule has 2 atom stereocenters. The molecule has 6 nitrogen and oxygen atoms in total. The van der Waals surface area contributed by atoms with Crippen molar-refractivity contribution >= 4 is 44.2 Å². The number of hydrogen-bond donors (Lipinski definition) is 2. The zero-order chi connectivity index (χ0) is 26.7. The maximum atomic E-state index is 13.7. The van der Waals surface area contributed by atoms with Gasteiger partial charge in [0.15, 0.2) is 0 Å². The minimum atomic E-state index is -3.68. The van der Waals surface area contributed by atoms with Crippen LogP contribution in [-0.2, 0) is 26.7 Å². The lowest BCUT2D eigenvalue weighted by Crippen LogP contribution is -2.37. The van der Waals surface area contributed by atoms with Crippen molar-refractivity contribution in [1.82, 2.24) is 4.72 Å². The highest BCUT2D eigenvalue weighted by atomic mass is 32.2. The van der Waals surface area contributed by atoms with Crippen LogP contribution in [0.1, 0.15) is 28.2 Å². The van der Waals surface area contributed by atoms with E-state index in [0.717, 1.165) is 33.2 Å². The molecule has 0 bridgehead atoms. The first-order valence-corrected chi connectivity index (χ1v) is 14.1. The van der Waals surface area contributed by atoms with Crippen LogP contribution in [0, 0.1) is 0 Å². The lowest BCUT2D eigenvalue weighted by molar-refractivity contribution is -0.118. The Labute approximate surface area is 223 Å². The van der Waals surface area contributed by atoms with Gasteiger partial charge in [0, 0.05) is 36.3 Å². The predicted octanol–water partition coefficient (Wildman–Crippen LogP) is 5.06. The van der Waals surface area contributed by atoms with E-state index in [4.69, 9.17) is 0 Å². The summed E-state index contributed by atoms with van der Waals surface area (Å²) in [5.41, 5.74) is 5.05. The quantitative estimate of drug-likeness (QED) is 0.371. The maximum absolute atomic E-state index is 13.7. The number of sulfonamides is 1. The van der Waals surface area contributed by atoms with Crippen molar-refractivity contribution in [2.75, 3.05) is 31.4 Å². The minimum absolute atomic E-state index is 0.130. The lowest BCUT2D eigenvalue weighted by Gasteiger charge is -2.35. The van der Waals surface area contributed by atoms with Gasteiger partial charge in [0.25, 0.3) is 0 Å². The van der Waals surface area contributed by atoms with Crippen molar-refractivity contribution in [3.05, 3.63) is 107 Å². The van der Waals surface area contributed by atoms with Crippen LogP contribution >= 0.6 is 0 Å². The summed E-state index contributed by atoms with van der Waals surface area (Å²) in [6, 6.07) is 25.7. The third-order valence-electron chi connectivity index (χ3n) is 7.93. The van der Waals surface area contributed by atoms with E-state index in [0.29, 0.717) is 17.7 Å². The fraction of sp³-hybridized carbons (Fsp3) is 0.194. The van der Waals surface area contributed by atoms with E-state index in [9.17, 15) is 13.2 Å². The summed E-state index contributed by atoms with van der Waals surface area (Å²) < 4.78 is 27.7. The van der Waals surface area contributed by atoms with Crippen LogP contribution in [0.15, 0.2) is 89.8 Å². The van der Waals surface area contributed by atoms with Crippen molar-refractivity contribution in [3.8, 4) is 0 Å². The summed E-state index contributed by atoms with van der Waals surface area (Å²) >= 11 is 0. The standard InChI is InChI=1S/C31H29N3O3S/c1-32-38(36,37)22-13-14-27-25(18-22)29(30(35)33-27)31(17-16-20-8-4-7-11-26(20)31)19-21-12-15-28(34(2)3)24-10-6-5-9-23(21)24/h4-18,29,32H,19H2,1-3H3,(H,33,35). The highest BCUT2D eigenvalue weighted by Crippen LogP contribution is 2.53. The van der Waals surface area contributed by atoms with E-state index >= 15 is 0 Å². The Hall–Kier alpha value is -3.94. The molecule has 2 unspecified atom stereocenters. The van der Waals surface area contributed by atoms with Gasteiger partial charge in [-0.15, -0.1) is 0 Å². The number of hydrogen-bond acceptors (Lipinski definition) is 4. The Bertz CT molecular complexity index is 1740. The molecule has 4 aromatic carbocycles. The predicted molar refractivity (Wildman–Crippen MR) is 153 cm³/mol. The van der Waals surface area contributed by atoms with Gasteiger partial charge in [0.05, 0.1) is 10.8 Å². The van der Waals surface area contributed by atoms with Gasteiger partial charge in [-0.25, -0.2) is 13.1 Å². The number of nitrogens with one attached hydrogen (secondary N) is 2. The summed E-state index contributed by atoms with van der Waals surface area (Å²) in [7, 11) is 1.79. The van der Waals surface area contributed by atoms with Crippen LogP contribution in [0.2, 0.25) is 0 Å². The number of benzene rings is 4. The van der Waals surface area contributed by atoms with E-state index in [1.807, 2.05) is 38.4 Å². The topological polar surface area (TPSA) is 78.5 Å². The van der Waals surface area contributed by atoms with E-state index in [1.165, 1.54) is 13.1 Å². The molecule has 38 heavy (non-hydrogen) atoms. The zero-order valence-electron chi connectivity index (χ0n) is 21.5. The normalized spacial score (nSPS) is 19.9. The Morgan fingerprint density at radius 2 is 1.68 bits per heavy atom. The molecule has 4 aromatic rings. The van der Waals surface area contributed by atoms with Gasteiger partial charge in [-0.2, -0.15) is 0 Å². The van der Waals surface area contributed by atoms with Crippen molar-refractivity contribution in [1.29, 1.82) is 0 Å². The molecule has 0 radical (unpaired) electrons. The first-order valence-electron chi connectivity index (χ1n) is 12.6. The number of rotatable bonds is 6. The monoisotopic (exact) mass is 523 g/mol. The number of amides is 1. The van der Waals surface area contributed by atoms with Crippen molar-refractivity contribution in [2.45, 2.75) is 22.6 Å². The Morgan fingerprint density at radius 3 is 2.45 bits per heavy atom. The van der Waals surface area contributed by atoms with Gasteiger partial charge < -0.3 is 10.2 Å². The molecule has 0 aromatic heterocycles. The number of carbonyl (C=O) groups is 1. The number of allylic oxidation sites excluding steroid dienone is 1. The molecule has 0 fully saturated rings. The average molecular weight is 524 g/mol. The zero-order valence-corrected chi connectivity index (χ0v) is 22.3. The summed E-state index contributed by atoms with van der Waals surface area (Å²) in [6.07, 6.45) is 4.81. The minimum Gasteiger partial charge on any atom is -0.377 e. The van der Waals surface area contributed by atoms with Gasteiger partial charge >= 0.3 is 0 Å². The highest BCUT2D eigenvalue weighted by Gasteiger charge is 2.50. The second-order valence-corrected chi connectivity index (χ2v) is 12.1. The molecular formula is C31H29N3O3S. The van der Waals surface area contributed by atoms with Crippen LogP contribution in [0.25, 0.3) is 16.8 Å². The van der Waals surface area contributed by atoms with Gasteiger partial charge in [-0.05, 0) is 65.4 Å². The van der Waals surface area contributed by atoms with Crippen LogP contribution in [-0.4, -0.2) is 35.5 Å². The van der Waals surface area contributed by atoms with E-state index in [-0.39, 0.29) is 10.8 Å². The fourth-order valence-electron chi connectivity index (χ4n) is 6.14. The van der Waals surface area contributed by atoms with Gasteiger partial charge in [0.1, 0.15) is 0 Å². The molecular weight excluding hydrogens is 494 g/mol. The SMILES string of the molecule is CNS(=O)(=O)c1ccc2c(c1)C(C1(Cc3ccc(N(C)C)c4ccccc34)C=Cc3ccccc31)C(=O)N2. The second kappa shape index (κ2) is 8.82. The molecule has 2 N–H and O–H groups in total. The Balaban J connectivity index is 1.58. The van der Waals surface area contributed by atoms with E-state index in [2.05, 4.69) is 63.5 Å². The van der Waals surface area contributed by atoms with Gasteiger partial charge in [-0.3, -0.25) is 4.79 Å². The molecule has 0 spiro atoms. The number of carbonyl (C=O) groups excluding carboxylic acids is 1. The molecule has 1 aliphatic carbocycles. The van der Waals surface area contributed by atoms with Crippen molar-refractivity contribution in [2.24, 2.45) is 0 Å². The molecule has 1 heterocycles. The van der Waals surface area contributed by atoms with Crippen LogP contribution < -0.4 is 14.9 Å². The molecule has 6 rings (SSSR count). The first-order chi connectivity index (χ1) is 18.2. The van der Waals surface area contributed by atoms with Crippen molar-refractivity contribution < 1.29 is 13.2 Å². The number of fused-ring (bicyclic) bond motifs is 3. The summed E-state index contributed by atoms with van der Waals surface area (Å²) in [5.74, 6) is -0.730. The van der Waals surface area contributed by atoms with E-state index in [1.54, 1.807) is 12.1 Å². The maximum Gasteiger partial charge on any atom is 0.240 e.